The molecule has 0 unspecified atom stereocenters. The van der Waals surface area contributed by atoms with Gasteiger partial charge in [0.15, 0.2) is 0 Å². The van der Waals surface area contributed by atoms with Crippen LogP contribution in [0.25, 0.3) is 17.1 Å². The molecule has 4 rings (SSSR count). The van der Waals surface area contributed by atoms with Gasteiger partial charge in [-0.3, -0.25) is 0 Å². The van der Waals surface area contributed by atoms with Crippen LogP contribution in [0.5, 0.6) is 0 Å². The summed E-state index contributed by atoms with van der Waals surface area (Å²) in [5.41, 5.74) is 2.21. The number of hydrogen-bond donors (Lipinski definition) is 0. The van der Waals surface area contributed by atoms with Crippen LogP contribution >= 0.6 is 55.9 Å². The molecule has 0 atom stereocenters. The molecule has 2 heterocycles. The fourth-order valence-electron chi connectivity index (χ4n) is 2.57. The molecule has 0 fully saturated rings. The van der Waals surface area contributed by atoms with Crippen LogP contribution in [-0.2, 0) is 0 Å². The molecule has 3 aromatic rings. The van der Waals surface area contributed by atoms with Gasteiger partial charge in [0.2, 0.25) is 0 Å². The van der Waals surface area contributed by atoms with Gasteiger partial charge in [-0.05, 0) is 0 Å². The Labute approximate surface area is 175 Å². The molecule has 25 heavy (non-hydrogen) atoms. The minimum absolute atomic E-state index is 0.821. The summed E-state index contributed by atoms with van der Waals surface area (Å²) in [6, 6.07) is 20.7. The Balaban J connectivity index is 2.00. The number of hydrogen-bond acceptors (Lipinski definition) is 2. The van der Waals surface area contributed by atoms with Crippen molar-refractivity contribution in [2.45, 2.75) is 5.16 Å². The molecule has 0 saturated heterocycles. The van der Waals surface area contributed by atoms with Crippen molar-refractivity contribution in [3.05, 3.63) is 70.5 Å². The van der Waals surface area contributed by atoms with Crippen LogP contribution < -0.4 is 4.57 Å². The fourth-order valence-corrected chi connectivity index (χ4v) is 19.0. The van der Waals surface area contributed by atoms with E-state index in [0.29, 0.717) is 0 Å². The van der Waals surface area contributed by atoms with Gasteiger partial charge < -0.3 is 0 Å². The maximum atomic E-state index is 5.02. The van der Waals surface area contributed by atoms with Crippen LogP contribution in [0.4, 0.5) is 0 Å². The second kappa shape index (κ2) is 7.33. The van der Waals surface area contributed by atoms with E-state index in [-0.39, 0.29) is 0 Å². The Kier molecular flexibility index (Phi) is 5.28. The molecule has 1 aliphatic rings. The van der Waals surface area contributed by atoms with E-state index in [9.17, 15) is 0 Å². The number of rotatable bonds is 3. The summed E-state index contributed by atoms with van der Waals surface area (Å²) < 4.78 is 5.69. The third-order valence-corrected chi connectivity index (χ3v) is 17.3. The molecule has 128 valence electrons. The summed E-state index contributed by atoms with van der Waals surface area (Å²) in [5, 5.41) is 9.17. The molecule has 0 bridgehead atoms. The molecular formula is C17H13Br3N3SSe+. The molecular weight excluding hydrogens is 597 g/mol. The number of benzene rings is 2. The van der Waals surface area contributed by atoms with Crippen molar-refractivity contribution in [1.82, 2.24) is 8.80 Å². The number of aromatic nitrogens is 3. The summed E-state index contributed by atoms with van der Waals surface area (Å²) in [7, 11) is -2.42. The first kappa shape index (κ1) is 18.0. The summed E-state index contributed by atoms with van der Waals surface area (Å²) in [6.45, 7) is 0. The van der Waals surface area contributed by atoms with Gasteiger partial charge in [-0.2, -0.15) is 0 Å². The zero-order valence-corrected chi connectivity index (χ0v) is 20.1. The van der Waals surface area contributed by atoms with E-state index >= 15 is 0 Å². The standard InChI is InChI=1S/C17H13Br3N3SSe/c18-11-15-12-24-17-22(14-9-5-2-6-10-14)16(13-7-3-1-4-8-13)21-23(17)25(15,19)20/h1-10,12H,11H2/q+1. The van der Waals surface area contributed by atoms with Crippen molar-refractivity contribution in [1.29, 1.82) is 0 Å². The Bertz CT molecular complexity index is 943. The molecule has 0 amide bonds. The van der Waals surface area contributed by atoms with Crippen LogP contribution in [0.2, 0.25) is 0 Å². The number of para-hydroxylation sites is 1. The molecule has 3 nitrogen and oxygen atoms in total. The zero-order chi connectivity index (χ0) is 17.4. The molecule has 0 saturated carbocycles. The monoisotopic (exact) mass is 608 g/mol. The minimum atomic E-state index is -2.42. The first-order valence-corrected chi connectivity index (χ1v) is 19.1. The zero-order valence-electron chi connectivity index (χ0n) is 12.8. The van der Waals surface area contributed by atoms with Crippen molar-refractivity contribution in [3.8, 4) is 17.1 Å². The van der Waals surface area contributed by atoms with Crippen LogP contribution in [-0.4, -0.2) is 23.6 Å². The second-order valence-corrected chi connectivity index (χ2v) is 24.6. The van der Waals surface area contributed by atoms with E-state index in [1.165, 1.54) is 4.47 Å². The van der Waals surface area contributed by atoms with Crippen LogP contribution in [0.3, 0.4) is 0 Å². The van der Waals surface area contributed by atoms with Crippen molar-refractivity contribution >= 4 is 65.4 Å². The van der Waals surface area contributed by atoms with E-state index in [4.69, 9.17) is 5.10 Å². The first-order valence-electron chi connectivity index (χ1n) is 7.43. The Morgan fingerprint density at radius 1 is 1.00 bits per heavy atom. The van der Waals surface area contributed by atoms with E-state index in [1.807, 2.05) is 24.3 Å². The average molecular weight is 610 g/mol. The Morgan fingerprint density at radius 2 is 1.64 bits per heavy atom. The molecule has 1 aliphatic heterocycles. The fraction of sp³-hybridized carbons (Fsp3) is 0.0588. The van der Waals surface area contributed by atoms with E-state index in [2.05, 4.69) is 94.2 Å². The molecule has 0 spiro atoms. The predicted molar refractivity (Wildman–Crippen MR) is 116 cm³/mol. The molecule has 0 N–H and O–H groups in total. The summed E-state index contributed by atoms with van der Waals surface area (Å²) >= 11 is 13.2. The first-order chi connectivity index (χ1) is 12.1. The number of alkyl halides is 1. The van der Waals surface area contributed by atoms with Crippen molar-refractivity contribution in [3.63, 3.8) is 0 Å². The van der Waals surface area contributed by atoms with E-state index in [0.717, 1.165) is 27.6 Å². The van der Waals surface area contributed by atoms with Gasteiger partial charge in [-0.15, -0.1) is 0 Å². The molecule has 0 radical (unpaired) electrons. The number of halogens is 3. The van der Waals surface area contributed by atoms with Gasteiger partial charge in [0, 0.05) is 0 Å². The van der Waals surface area contributed by atoms with Gasteiger partial charge in [0.1, 0.15) is 0 Å². The average Bonchev–Trinajstić information content (AvgIpc) is 3.04. The Hall–Kier alpha value is -0.371. The van der Waals surface area contributed by atoms with Crippen molar-refractivity contribution in [2.24, 2.45) is 0 Å². The van der Waals surface area contributed by atoms with Gasteiger partial charge >= 0.3 is 177 Å². The van der Waals surface area contributed by atoms with Crippen LogP contribution in [0.15, 0.2) is 75.7 Å². The van der Waals surface area contributed by atoms with Gasteiger partial charge in [0.05, 0.1) is 0 Å². The Morgan fingerprint density at radius 3 is 2.28 bits per heavy atom. The summed E-state index contributed by atoms with van der Waals surface area (Å²) in [5.74, 6) is 0.944. The summed E-state index contributed by atoms with van der Waals surface area (Å²) in [6.07, 6.45) is 0. The topological polar surface area (TPSA) is 21.7 Å². The predicted octanol–water partition coefficient (Wildman–Crippen LogP) is 5.33. The third-order valence-electron chi connectivity index (χ3n) is 3.76. The maximum absolute atomic E-state index is 5.02. The SMILES string of the molecule is BrCC1=CSc2n(nc(-c3ccccc3)[n+]2-c2ccccc2)[Se]1(Br)Br. The molecule has 0 aliphatic carbocycles. The van der Waals surface area contributed by atoms with E-state index < -0.39 is 9.45 Å². The number of fused-ring (bicyclic) bond motifs is 1. The van der Waals surface area contributed by atoms with E-state index in [1.54, 1.807) is 11.8 Å². The van der Waals surface area contributed by atoms with Gasteiger partial charge in [-0.25, -0.2) is 0 Å². The van der Waals surface area contributed by atoms with Crippen LogP contribution in [0.1, 0.15) is 0 Å². The van der Waals surface area contributed by atoms with Gasteiger partial charge in [0.25, 0.3) is 0 Å². The quantitative estimate of drug-likeness (QED) is 0.228. The third kappa shape index (κ3) is 3.22. The normalized spacial score (nSPS) is 16.8. The van der Waals surface area contributed by atoms with Crippen molar-refractivity contribution in [2.75, 3.05) is 5.33 Å². The molecule has 8 heteroatoms. The second-order valence-electron chi connectivity index (χ2n) is 5.29. The van der Waals surface area contributed by atoms with Crippen molar-refractivity contribution < 1.29 is 4.57 Å². The summed E-state index contributed by atoms with van der Waals surface area (Å²) in [4.78, 5) is 0. The number of nitrogens with zero attached hydrogens (tertiary/aromatic N) is 3. The van der Waals surface area contributed by atoms with Gasteiger partial charge in [-0.1, -0.05) is 0 Å². The molecule has 1 aromatic heterocycles. The molecule has 2 aromatic carbocycles. The number of thioether (sulfide) groups is 1. The van der Waals surface area contributed by atoms with Crippen LogP contribution in [0, 0.1) is 0 Å². The number of allylic oxidation sites excluding steroid dienone is 1.